The lowest BCUT2D eigenvalue weighted by molar-refractivity contribution is 0.290. The van der Waals surface area contributed by atoms with Gasteiger partial charge in [0.05, 0.1) is 22.5 Å². The third-order valence-electron chi connectivity index (χ3n) is 5.49. The van der Waals surface area contributed by atoms with Crippen molar-refractivity contribution in [3.63, 3.8) is 0 Å². The predicted octanol–water partition coefficient (Wildman–Crippen LogP) is 5.53. The zero-order chi connectivity index (χ0) is 21.8. The number of unbranched alkanes of at least 4 members (excludes halogenated alkanes) is 1. The number of thiophene rings is 2. The van der Waals surface area contributed by atoms with Crippen LogP contribution < -0.4 is 10.6 Å². The number of allylic oxidation sites excluding steroid dienone is 1. The molecule has 0 amide bonds. The van der Waals surface area contributed by atoms with Crippen molar-refractivity contribution in [2.75, 3.05) is 18.6 Å². The molecule has 3 N–H and O–H groups in total. The fourth-order valence-electron chi connectivity index (χ4n) is 3.88. The number of hydrogen-bond donors (Lipinski definition) is 2. The standard InChI is InChI=1S/C24H26ClN3OS2/c1-28(15-16-8-7-13-30-16)20-14-21(25)27-22-18(10-3-2-6-12-29)23(31-24(20)22)17-9-4-5-11-19(17)26/h4-5,7-8,13-14,17,19,29H,2,6,9,11-12,15,26H2,1H3/t17-,19-/m1/s1. The molecule has 3 heterocycles. The van der Waals surface area contributed by atoms with Gasteiger partial charge in [-0.15, -0.1) is 22.7 Å². The number of halogens is 1. The van der Waals surface area contributed by atoms with Crippen LogP contribution in [0.2, 0.25) is 5.15 Å². The maximum Gasteiger partial charge on any atom is 0.131 e. The van der Waals surface area contributed by atoms with Crippen LogP contribution in [0.1, 0.15) is 46.9 Å². The third kappa shape index (κ3) is 4.97. The number of fused-ring (bicyclic) bond motifs is 1. The Morgan fingerprint density at radius 2 is 2.19 bits per heavy atom. The van der Waals surface area contributed by atoms with Crippen LogP contribution in [0.4, 0.5) is 5.69 Å². The van der Waals surface area contributed by atoms with E-state index in [1.54, 1.807) is 22.7 Å². The van der Waals surface area contributed by atoms with Gasteiger partial charge in [0.25, 0.3) is 0 Å². The summed E-state index contributed by atoms with van der Waals surface area (Å²) >= 11 is 9.98. The molecule has 7 heteroatoms. The molecule has 4 rings (SSSR count). The van der Waals surface area contributed by atoms with E-state index in [0.717, 1.165) is 40.9 Å². The Hall–Kier alpha value is -1.88. The Kier molecular flexibility index (Phi) is 7.31. The molecule has 4 nitrogen and oxygen atoms in total. The minimum absolute atomic E-state index is 0.0684. The molecule has 3 aromatic heterocycles. The van der Waals surface area contributed by atoms with Gasteiger partial charge < -0.3 is 15.7 Å². The van der Waals surface area contributed by atoms with Crippen LogP contribution in [0.15, 0.2) is 35.7 Å². The van der Waals surface area contributed by atoms with Crippen LogP contribution in [0, 0.1) is 11.8 Å². The minimum atomic E-state index is 0.0684. The predicted molar refractivity (Wildman–Crippen MR) is 133 cm³/mol. The van der Waals surface area contributed by atoms with E-state index in [4.69, 9.17) is 27.4 Å². The molecule has 0 aromatic carbocycles. The highest BCUT2D eigenvalue weighted by Gasteiger charge is 2.28. The molecule has 0 spiro atoms. The zero-order valence-electron chi connectivity index (χ0n) is 17.5. The summed E-state index contributed by atoms with van der Waals surface area (Å²) in [6.45, 7) is 0.954. The van der Waals surface area contributed by atoms with Crippen LogP contribution >= 0.6 is 34.3 Å². The van der Waals surface area contributed by atoms with Crippen LogP contribution in [-0.4, -0.2) is 29.8 Å². The Balaban J connectivity index is 1.83. The van der Waals surface area contributed by atoms with Crippen molar-refractivity contribution in [3.8, 4) is 11.8 Å². The highest BCUT2D eigenvalue weighted by molar-refractivity contribution is 7.20. The van der Waals surface area contributed by atoms with Crippen LogP contribution in [0.5, 0.6) is 0 Å². The Morgan fingerprint density at radius 3 is 2.94 bits per heavy atom. The van der Waals surface area contributed by atoms with Gasteiger partial charge in [-0.05, 0) is 30.7 Å². The van der Waals surface area contributed by atoms with Crippen molar-refractivity contribution in [2.24, 2.45) is 5.73 Å². The summed E-state index contributed by atoms with van der Waals surface area (Å²) in [6.07, 6.45) is 7.47. The lowest BCUT2D eigenvalue weighted by Crippen LogP contribution is -2.29. The molecule has 2 atom stereocenters. The average molecular weight is 472 g/mol. The van der Waals surface area contributed by atoms with E-state index >= 15 is 0 Å². The molecule has 0 aliphatic heterocycles. The van der Waals surface area contributed by atoms with E-state index in [-0.39, 0.29) is 18.6 Å². The van der Waals surface area contributed by atoms with Gasteiger partial charge in [-0.3, -0.25) is 0 Å². The number of anilines is 1. The molecule has 0 radical (unpaired) electrons. The summed E-state index contributed by atoms with van der Waals surface area (Å²) in [5.74, 6) is 6.81. The number of aromatic nitrogens is 1. The van der Waals surface area contributed by atoms with Gasteiger partial charge >= 0.3 is 0 Å². The minimum Gasteiger partial charge on any atom is -0.396 e. The van der Waals surface area contributed by atoms with Gasteiger partial charge in [0.15, 0.2) is 0 Å². The lowest BCUT2D eigenvalue weighted by Gasteiger charge is -2.24. The Morgan fingerprint density at radius 1 is 1.35 bits per heavy atom. The topological polar surface area (TPSA) is 62.4 Å². The molecule has 0 fully saturated rings. The van der Waals surface area contributed by atoms with Crippen LogP contribution in [-0.2, 0) is 6.54 Å². The molecule has 3 aromatic rings. The first kappa shape index (κ1) is 22.3. The number of rotatable bonds is 6. The van der Waals surface area contributed by atoms with Gasteiger partial charge in [-0.2, -0.15) is 0 Å². The SMILES string of the molecule is CN(Cc1cccs1)c1cc(Cl)nc2c(C#CCCCO)c([C@@H]3CC=CC[C@H]3N)sc12. The first-order chi connectivity index (χ1) is 15.1. The highest BCUT2D eigenvalue weighted by Crippen LogP contribution is 2.44. The summed E-state index contributed by atoms with van der Waals surface area (Å²) < 4.78 is 1.10. The number of aliphatic hydroxyl groups is 1. The summed E-state index contributed by atoms with van der Waals surface area (Å²) in [5, 5.41) is 11.7. The average Bonchev–Trinajstić information content (AvgIpc) is 3.39. The fraction of sp³-hybridized carbons (Fsp3) is 0.375. The first-order valence-electron chi connectivity index (χ1n) is 10.4. The second-order valence-electron chi connectivity index (χ2n) is 7.76. The van der Waals surface area contributed by atoms with Crippen molar-refractivity contribution in [3.05, 3.63) is 56.2 Å². The smallest absolute Gasteiger partial charge is 0.131 e. The molecule has 0 saturated carbocycles. The van der Waals surface area contributed by atoms with E-state index in [2.05, 4.69) is 53.5 Å². The first-order valence-corrected chi connectivity index (χ1v) is 12.5. The molecule has 31 heavy (non-hydrogen) atoms. The van der Waals surface area contributed by atoms with Crippen LogP contribution in [0.3, 0.4) is 0 Å². The van der Waals surface area contributed by atoms with Crippen molar-refractivity contribution in [1.29, 1.82) is 0 Å². The summed E-state index contributed by atoms with van der Waals surface area (Å²) in [7, 11) is 2.09. The molecule has 0 saturated heterocycles. The number of pyridine rings is 1. The van der Waals surface area contributed by atoms with Gasteiger partial charge in [0.1, 0.15) is 10.7 Å². The van der Waals surface area contributed by atoms with Gasteiger partial charge in [-0.1, -0.05) is 41.7 Å². The molecular formula is C24H26ClN3OS2. The van der Waals surface area contributed by atoms with Gasteiger partial charge in [-0.25, -0.2) is 4.98 Å². The van der Waals surface area contributed by atoms with Gasteiger partial charge in [0, 0.05) is 47.9 Å². The molecular weight excluding hydrogens is 446 g/mol. The highest BCUT2D eigenvalue weighted by atomic mass is 35.5. The summed E-state index contributed by atoms with van der Waals surface area (Å²) in [6, 6.07) is 6.23. The van der Waals surface area contributed by atoms with E-state index in [0.29, 0.717) is 18.0 Å². The number of aliphatic hydroxyl groups excluding tert-OH is 1. The van der Waals surface area contributed by atoms with Crippen molar-refractivity contribution < 1.29 is 5.11 Å². The monoisotopic (exact) mass is 471 g/mol. The third-order valence-corrected chi connectivity index (χ3v) is 7.88. The largest absolute Gasteiger partial charge is 0.396 e. The number of hydrogen-bond acceptors (Lipinski definition) is 6. The quantitative estimate of drug-likeness (QED) is 0.214. The summed E-state index contributed by atoms with van der Waals surface area (Å²) in [4.78, 5) is 9.42. The van der Waals surface area contributed by atoms with Crippen molar-refractivity contribution in [2.45, 2.75) is 44.2 Å². The summed E-state index contributed by atoms with van der Waals surface area (Å²) in [5.41, 5.74) is 9.39. The maximum absolute atomic E-state index is 9.10. The fourth-order valence-corrected chi connectivity index (χ4v) is 6.28. The van der Waals surface area contributed by atoms with E-state index in [1.807, 2.05) is 6.07 Å². The molecule has 0 unspecified atom stereocenters. The maximum atomic E-state index is 9.10. The molecule has 0 bridgehead atoms. The van der Waals surface area contributed by atoms with E-state index in [1.165, 1.54) is 9.75 Å². The zero-order valence-corrected chi connectivity index (χ0v) is 19.9. The van der Waals surface area contributed by atoms with Crippen molar-refractivity contribution in [1.82, 2.24) is 4.98 Å². The second kappa shape index (κ2) is 10.2. The molecule has 1 aliphatic rings. The number of nitrogens with two attached hydrogens (primary N) is 1. The van der Waals surface area contributed by atoms with Gasteiger partial charge in [0.2, 0.25) is 0 Å². The second-order valence-corrected chi connectivity index (χ2v) is 10.2. The van der Waals surface area contributed by atoms with Crippen molar-refractivity contribution >= 4 is 50.2 Å². The Labute approximate surface area is 196 Å². The van der Waals surface area contributed by atoms with E-state index < -0.39 is 0 Å². The van der Waals surface area contributed by atoms with Crippen LogP contribution in [0.25, 0.3) is 10.2 Å². The molecule has 1 aliphatic carbocycles. The normalized spacial score (nSPS) is 18.2. The number of nitrogens with zero attached hydrogens (tertiary/aromatic N) is 2. The van der Waals surface area contributed by atoms with E-state index in [9.17, 15) is 0 Å². The Bertz CT molecular complexity index is 1130. The lowest BCUT2D eigenvalue weighted by atomic mass is 9.87. The molecule has 162 valence electrons.